The van der Waals surface area contributed by atoms with Crippen LogP contribution in [0.4, 0.5) is 5.69 Å². The zero-order valence-electron chi connectivity index (χ0n) is 14.7. The van der Waals surface area contributed by atoms with Crippen LogP contribution in [-0.4, -0.2) is 30.8 Å². The fourth-order valence-electron chi connectivity index (χ4n) is 4.83. The van der Waals surface area contributed by atoms with Gasteiger partial charge in [0.05, 0.1) is 12.8 Å². The van der Waals surface area contributed by atoms with Gasteiger partial charge in [-0.1, -0.05) is 26.0 Å². The Kier molecular flexibility index (Phi) is 4.56. The summed E-state index contributed by atoms with van der Waals surface area (Å²) in [5.41, 5.74) is 8.14. The molecule has 2 saturated carbocycles. The van der Waals surface area contributed by atoms with Crippen LogP contribution in [0.1, 0.15) is 46.0 Å². The zero-order valence-corrected chi connectivity index (χ0v) is 14.7. The third-order valence-corrected chi connectivity index (χ3v) is 5.70. The van der Waals surface area contributed by atoms with Crippen molar-refractivity contribution in [1.29, 1.82) is 0 Å². The Labute approximate surface area is 140 Å². The van der Waals surface area contributed by atoms with E-state index >= 15 is 0 Å². The Morgan fingerprint density at radius 3 is 2.83 bits per heavy atom. The molecule has 2 bridgehead atoms. The Bertz CT molecular complexity index is 547. The number of hydrogen-bond acceptors (Lipinski definition) is 4. The summed E-state index contributed by atoms with van der Waals surface area (Å²) < 4.78 is 5.40. The number of para-hydroxylation sites is 2. The molecule has 1 aromatic rings. The lowest BCUT2D eigenvalue weighted by molar-refractivity contribution is 0.235. The minimum Gasteiger partial charge on any atom is -0.495 e. The monoisotopic (exact) mass is 317 g/mol. The molecule has 3 unspecified atom stereocenters. The summed E-state index contributed by atoms with van der Waals surface area (Å²) in [5.74, 6) is 1.51. The van der Waals surface area contributed by atoms with Gasteiger partial charge >= 0.3 is 0 Å². The van der Waals surface area contributed by atoms with Crippen LogP contribution < -0.4 is 21.1 Å². The average molecular weight is 317 g/mol. The third-order valence-electron chi connectivity index (χ3n) is 5.70. The Hall–Kier alpha value is -1.26. The van der Waals surface area contributed by atoms with E-state index in [1.54, 1.807) is 7.11 Å². The van der Waals surface area contributed by atoms with Gasteiger partial charge in [0, 0.05) is 23.7 Å². The average Bonchev–Trinajstić information content (AvgIpc) is 2.97. The number of ether oxygens (including phenoxy) is 1. The van der Waals surface area contributed by atoms with Crippen molar-refractivity contribution in [3.8, 4) is 5.75 Å². The van der Waals surface area contributed by atoms with E-state index < -0.39 is 0 Å². The van der Waals surface area contributed by atoms with Crippen LogP contribution >= 0.6 is 0 Å². The third kappa shape index (κ3) is 3.33. The second-order valence-electron chi connectivity index (χ2n) is 7.81. The summed E-state index contributed by atoms with van der Waals surface area (Å²) in [6.07, 6.45) is 5.87. The van der Waals surface area contributed by atoms with Crippen molar-refractivity contribution in [3.05, 3.63) is 24.3 Å². The molecule has 2 aliphatic rings. The summed E-state index contributed by atoms with van der Waals surface area (Å²) in [6.45, 7) is 5.42. The molecule has 0 radical (unpaired) electrons. The maximum atomic E-state index is 6.75. The second-order valence-corrected chi connectivity index (χ2v) is 7.81. The van der Waals surface area contributed by atoms with Gasteiger partial charge in [-0.05, 0) is 50.2 Å². The zero-order chi connectivity index (χ0) is 16.5. The van der Waals surface area contributed by atoms with E-state index in [9.17, 15) is 0 Å². The molecule has 2 aliphatic carbocycles. The first-order chi connectivity index (χ1) is 11.0. The molecule has 0 aromatic heterocycles. The van der Waals surface area contributed by atoms with Gasteiger partial charge in [-0.2, -0.15) is 0 Å². The summed E-state index contributed by atoms with van der Waals surface area (Å²) in [4.78, 5) is 0. The van der Waals surface area contributed by atoms with Gasteiger partial charge in [0.15, 0.2) is 0 Å². The first-order valence-corrected chi connectivity index (χ1v) is 8.90. The van der Waals surface area contributed by atoms with Crippen molar-refractivity contribution in [1.82, 2.24) is 5.32 Å². The lowest BCUT2D eigenvalue weighted by Crippen LogP contribution is -2.46. The predicted octanol–water partition coefficient (Wildman–Crippen LogP) is 3.14. The fourth-order valence-corrected chi connectivity index (χ4v) is 4.83. The van der Waals surface area contributed by atoms with Gasteiger partial charge in [0.25, 0.3) is 0 Å². The van der Waals surface area contributed by atoms with Crippen molar-refractivity contribution in [2.45, 2.75) is 63.1 Å². The van der Waals surface area contributed by atoms with Crippen LogP contribution in [0.3, 0.4) is 0 Å². The van der Waals surface area contributed by atoms with Crippen molar-refractivity contribution in [2.75, 3.05) is 19.0 Å². The summed E-state index contributed by atoms with van der Waals surface area (Å²) in [5, 5.41) is 7.33. The highest BCUT2D eigenvalue weighted by atomic mass is 16.5. The molecular weight excluding hydrogens is 286 g/mol. The van der Waals surface area contributed by atoms with E-state index in [-0.39, 0.29) is 11.1 Å². The van der Waals surface area contributed by atoms with Crippen molar-refractivity contribution < 1.29 is 4.74 Å². The van der Waals surface area contributed by atoms with Gasteiger partial charge < -0.3 is 21.1 Å². The van der Waals surface area contributed by atoms with Crippen LogP contribution in [0.5, 0.6) is 5.75 Å². The van der Waals surface area contributed by atoms with Crippen molar-refractivity contribution >= 4 is 5.69 Å². The van der Waals surface area contributed by atoms with Crippen LogP contribution in [-0.2, 0) is 0 Å². The molecule has 0 aliphatic heterocycles. The number of anilines is 1. The first-order valence-electron chi connectivity index (χ1n) is 8.90. The number of rotatable bonds is 7. The number of nitrogens with one attached hydrogen (secondary N) is 2. The normalized spacial score (nSPS) is 32.5. The molecule has 4 N–H and O–H groups in total. The molecule has 4 nitrogen and oxygen atoms in total. The summed E-state index contributed by atoms with van der Waals surface area (Å²) >= 11 is 0. The van der Waals surface area contributed by atoms with Crippen LogP contribution in [0, 0.1) is 5.92 Å². The Morgan fingerprint density at radius 1 is 1.30 bits per heavy atom. The molecule has 2 fully saturated rings. The molecule has 0 heterocycles. The lowest BCUT2D eigenvalue weighted by Gasteiger charge is -2.35. The van der Waals surface area contributed by atoms with Crippen LogP contribution in [0.25, 0.3) is 0 Å². The maximum Gasteiger partial charge on any atom is 0.141 e. The molecule has 128 valence electrons. The van der Waals surface area contributed by atoms with E-state index in [1.165, 1.54) is 12.8 Å². The van der Waals surface area contributed by atoms with Gasteiger partial charge in [0.2, 0.25) is 0 Å². The molecule has 3 atom stereocenters. The minimum absolute atomic E-state index is 0.0321. The number of methoxy groups -OCH3 is 1. The van der Waals surface area contributed by atoms with Crippen LogP contribution in [0.15, 0.2) is 24.3 Å². The van der Waals surface area contributed by atoms with E-state index in [2.05, 4.69) is 30.5 Å². The quantitative estimate of drug-likeness (QED) is 0.723. The van der Waals surface area contributed by atoms with Gasteiger partial charge in [-0.3, -0.25) is 0 Å². The number of nitrogens with two attached hydrogens (primary N) is 1. The highest BCUT2D eigenvalue weighted by molar-refractivity contribution is 5.56. The lowest BCUT2D eigenvalue weighted by atomic mass is 9.79. The molecule has 3 rings (SSSR count). The van der Waals surface area contributed by atoms with E-state index in [0.717, 1.165) is 37.2 Å². The smallest absolute Gasteiger partial charge is 0.141 e. The highest BCUT2D eigenvalue weighted by Crippen LogP contribution is 2.53. The molecular formula is C19H31N3O. The number of benzene rings is 1. The fraction of sp³-hybridized carbons (Fsp3) is 0.684. The predicted molar refractivity (Wildman–Crippen MR) is 96.0 cm³/mol. The molecule has 1 aromatic carbocycles. The van der Waals surface area contributed by atoms with E-state index in [1.807, 2.05) is 18.2 Å². The first kappa shape index (κ1) is 16.6. The van der Waals surface area contributed by atoms with Gasteiger partial charge in [-0.25, -0.2) is 0 Å². The molecule has 0 spiro atoms. The van der Waals surface area contributed by atoms with E-state index in [0.29, 0.717) is 12.0 Å². The summed E-state index contributed by atoms with van der Waals surface area (Å²) in [7, 11) is 1.71. The topological polar surface area (TPSA) is 59.3 Å². The summed E-state index contributed by atoms with van der Waals surface area (Å²) in [6, 6.07) is 8.62. The van der Waals surface area contributed by atoms with Crippen LogP contribution in [0.2, 0.25) is 0 Å². The molecule has 23 heavy (non-hydrogen) atoms. The Balaban J connectivity index is 1.57. The number of fused-ring (bicyclic) bond motifs is 2. The van der Waals surface area contributed by atoms with Crippen molar-refractivity contribution in [3.63, 3.8) is 0 Å². The largest absolute Gasteiger partial charge is 0.495 e. The minimum atomic E-state index is 0.0321. The highest BCUT2D eigenvalue weighted by Gasteiger charge is 2.57. The molecule has 0 amide bonds. The Morgan fingerprint density at radius 2 is 2.09 bits per heavy atom. The van der Waals surface area contributed by atoms with E-state index in [4.69, 9.17) is 10.5 Å². The second kappa shape index (κ2) is 6.33. The maximum absolute atomic E-state index is 6.75. The van der Waals surface area contributed by atoms with Gasteiger partial charge in [-0.15, -0.1) is 0 Å². The van der Waals surface area contributed by atoms with Gasteiger partial charge in [0.1, 0.15) is 5.75 Å². The standard InChI is InChI=1S/C19H31N3O/c1-14(2)22-18-9-10-19(20,13-18)15(12-18)8-11-21-16-6-4-5-7-17(16)23-3/h4-7,14-15,21-22H,8-13,20H2,1-3H3. The van der Waals surface area contributed by atoms with Crippen molar-refractivity contribution in [2.24, 2.45) is 11.7 Å². The molecule has 0 saturated heterocycles. The number of hydrogen-bond donors (Lipinski definition) is 3. The SMILES string of the molecule is COc1ccccc1NCCC1CC2(NC(C)C)CCC1(N)C2. The molecule has 4 heteroatoms.